The highest BCUT2D eigenvalue weighted by Gasteiger charge is 2.47. The van der Waals surface area contributed by atoms with Crippen LogP contribution in [-0.4, -0.2) is 21.9 Å². The molecule has 0 bridgehead atoms. The number of carbonyl (C=O) groups is 1. The second-order valence-corrected chi connectivity index (χ2v) is 5.55. The molecule has 0 saturated carbocycles. The maximum absolute atomic E-state index is 13.3. The van der Waals surface area contributed by atoms with E-state index in [0.717, 1.165) is 36.3 Å². The Hall–Kier alpha value is -2.53. The number of benzene rings is 1. The van der Waals surface area contributed by atoms with E-state index in [1.54, 1.807) is 25.1 Å². The van der Waals surface area contributed by atoms with Crippen molar-refractivity contribution in [1.29, 1.82) is 0 Å². The third-order valence-electron chi connectivity index (χ3n) is 4.16. The summed E-state index contributed by atoms with van der Waals surface area (Å²) in [5.74, 6) is 0. The number of imidazole rings is 1. The van der Waals surface area contributed by atoms with E-state index in [4.69, 9.17) is 0 Å². The Kier molecular flexibility index (Phi) is 4.21. The summed E-state index contributed by atoms with van der Waals surface area (Å²) in [7, 11) is 0. The predicted octanol–water partition coefficient (Wildman–Crippen LogP) is 4.32. The highest BCUT2D eigenvalue weighted by molar-refractivity contribution is 6.06. The number of para-hydroxylation sites is 1. The first-order valence-electron chi connectivity index (χ1n) is 7.99. The topological polar surface area (TPSA) is 47.2 Å². The molecule has 0 spiro atoms. The van der Waals surface area contributed by atoms with Crippen LogP contribution in [0.1, 0.15) is 33.1 Å². The Morgan fingerprint density at radius 1 is 1.22 bits per heavy atom. The van der Waals surface area contributed by atoms with Crippen molar-refractivity contribution in [3.05, 3.63) is 60.4 Å². The van der Waals surface area contributed by atoms with E-state index in [-0.39, 0.29) is 10.5 Å². The monoisotopic (exact) mass is 309 g/mol. The first-order valence-corrected chi connectivity index (χ1v) is 7.99. The fourth-order valence-electron chi connectivity index (χ4n) is 3.12. The molecule has 1 aromatic carbocycles. The number of amides is 1. The van der Waals surface area contributed by atoms with E-state index in [2.05, 4.69) is 23.8 Å². The van der Waals surface area contributed by atoms with E-state index in [9.17, 15) is 4.79 Å². The van der Waals surface area contributed by atoms with Gasteiger partial charge in [0.05, 0.1) is 0 Å². The van der Waals surface area contributed by atoms with E-state index < -0.39 is 0 Å². The Morgan fingerprint density at radius 3 is 2.61 bits per heavy atom. The first-order chi connectivity index (χ1) is 11.2. The summed E-state index contributed by atoms with van der Waals surface area (Å²) in [4.78, 5) is 21.9. The van der Waals surface area contributed by atoms with E-state index in [0.29, 0.717) is 0 Å². The molecule has 5 nitrogen and oxygen atoms in total. The van der Waals surface area contributed by atoms with Gasteiger partial charge in [-0.15, -0.1) is 4.48 Å². The summed E-state index contributed by atoms with van der Waals surface area (Å²) in [5.41, 5.74) is 2.96. The van der Waals surface area contributed by atoms with E-state index in [1.807, 2.05) is 30.3 Å². The molecule has 23 heavy (non-hydrogen) atoms. The van der Waals surface area contributed by atoms with Crippen LogP contribution in [0.4, 0.5) is 10.5 Å². The van der Waals surface area contributed by atoms with Gasteiger partial charge >= 0.3 is 6.03 Å². The molecule has 2 aromatic rings. The number of aliphatic imine (C=N–C) groups is 1. The molecule has 0 fully saturated rings. The van der Waals surface area contributed by atoms with Crippen LogP contribution in [0.2, 0.25) is 0 Å². The fourth-order valence-corrected chi connectivity index (χ4v) is 3.12. The van der Waals surface area contributed by atoms with Gasteiger partial charge in [0.15, 0.2) is 11.4 Å². The smallest absolute Gasteiger partial charge is 0.245 e. The molecule has 3 rings (SSSR count). The predicted molar refractivity (Wildman–Crippen MR) is 92.0 cm³/mol. The van der Waals surface area contributed by atoms with Crippen LogP contribution < -0.4 is 4.48 Å². The molecular weight excluding hydrogens is 288 g/mol. The highest BCUT2D eigenvalue weighted by Crippen LogP contribution is 2.37. The van der Waals surface area contributed by atoms with Crippen molar-refractivity contribution >= 4 is 18.1 Å². The lowest BCUT2D eigenvalue weighted by Gasteiger charge is -2.29. The van der Waals surface area contributed by atoms with Gasteiger partial charge in [0.1, 0.15) is 12.0 Å². The van der Waals surface area contributed by atoms with Crippen LogP contribution in [-0.2, 0) is 0 Å². The fraction of sp³-hybridized carbons (Fsp3) is 0.278. The molecule has 0 aliphatic carbocycles. The quantitative estimate of drug-likeness (QED) is 0.790. The molecule has 118 valence electrons. The van der Waals surface area contributed by atoms with Gasteiger partial charge in [0, 0.05) is 30.9 Å². The molecule has 1 aliphatic rings. The van der Waals surface area contributed by atoms with Crippen molar-refractivity contribution in [3.8, 4) is 0 Å². The number of rotatable bonds is 4. The van der Waals surface area contributed by atoms with Gasteiger partial charge in [0.2, 0.25) is 6.34 Å². The zero-order valence-electron chi connectivity index (χ0n) is 13.5. The summed E-state index contributed by atoms with van der Waals surface area (Å²) in [5, 5.41) is 0. The molecule has 2 heterocycles. The van der Waals surface area contributed by atoms with Gasteiger partial charge in [-0.05, 0) is 6.42 Å². The van der Waals surface area contributed by atoms with Gasteiger partial charge in [0.25, 0.3) is 0 Å². The zero-order valence-corrected chi connectivity index (χ0v) is 13.5. The molecule has 0 N–H and O–H groups in total. The van der Waals surface area contributed by atoms with Crippen LogP contribution in [0.15, 0.2) is 65.4 Å². The molecule has 0 radical (unpaired) electrons. The third-order valence-corrected chi connectivity index (χ3v) is 4.16. The molecule has 1 unspecified atom stereocenters. The molecule has 1 amide bonds. The van der Waals surface area contributed by atoms with Crippen molar-refractivity contribution in [2.75, 3.05) is 0 Å². The second-order valence-electron chi connectivity index (χ2n) is 5.55. The number of carbonyl (C=O) groups excluding carboxylic acids is 1. The number of quaternary nitrogens is 1. The lowest BCUT2D eigenvalue weighted by atomic mass is 10.1. The number of nitrogens with zero attached hydrogens (tertiary/aromatic N) is 4. The standard InChI is InChI=1S/C18H21N4O/c1-3-8-16-17(4-2)22(14-20-16,15-9-6-5-7-10-15)18(23)21-12-11-19-13-21/h5-7,9-14H,3-4,8H2,1-2H3/q+1. The highest BCUT2D eigenvalue weighted by atomic mass is 16.2. The lowest BCUT2D eigenvalue weighted by molar-refractivity contribution is 0.229. The van der Waals surface area contributed by atoms with Crippen molar-refractivity contribution in [2.45, 2.75) is 33.1 Å². The van der Waals surface area contributed by atoms with Crippen LogP contribution >= 0.6 is 0 Å². The summed E-state index contributed by atoms with van der Waals surface area (Å²) in [6.07, 6.45) is 9.27. The maximum Gasteiger partial charge on any atom is 0.444 e. The minimum absolute atomic E-state index is 0.0169. The van der Waals surface area contributed by atoms with Crippen molar-refractivity contribution in [3.63, 3.8) is 0 Å². The minimum Gasteiger partial charge on any atom is -0.245 e. The Morgan fingerprint density at radius 2 is 2.00 bits per heavy atom. The normalized spacial score (nSPS) is 20.3. The molecule has 1 atom stereocenters. The van der Waals surface area contributed by atoms with Crippen LogP contribution in [0.25, 0.3) is 0 Å². The van der Waals surface area contributed by atoms with Crippen molar-refractivity contribution in [1.82, 2.24) is 14.0 Å². The molecular formula is C18H21N4O+. The first kappa shape index (κ1) is 15.4. The lowest BCUT2D eigenvalue weighted by Crippen LogP contribution is -2.52. The summed E-state index contributed by atoms with van der Waals surface area (Å²) in [6.45, 7) is 4.21. The Bertz CT molecular complexity index is 747. The maximum atomic E-state index is 13.3. The number of aromatic nitrogens is 2. The van der Waals surface area contributed by atoms with Crippen molar-refractivity contribution in [2.24, 2.45) is 4.99 Å². The van der Waals surface area contributed by atoms with Gasteiger partial charge < -0.3 is 0 Å². The minimum atomic E-state index is -0.0830. The van der Waals surface area contributed by atoms with Crippen LogP contribution in [0, 0.1) is 0 Å². The zero-order chi connectivity index (χ0) is 16.3. The SMILES string of the molecule is CCCC1=C(CC)[N+](C(=O)n2ccnc2)(c2ccccc2)C=N1. The number of hydrogen-bond acceptors (Lipinski definition) is 3. The van der Waals surface area contributed by atoms with Crippen molar-refractivity contribution < 1.29 is 4.79 Å². The van der Waals surface area contributed by atoms with E-state index >= 15 is 0 Å². The Balaban J connectivity index is 2.20. The summed E-state index contributed by atoms with van der Waals surface area (Å²) >= 11 is 0. The molecule has 1 aliphatic heterocycles. The number of allylic oxidation sites excluding steroid dienone is 2. The number of hydrogen-bond donors (Lipinski definition) is 0. The molecule has 0 saturated heterocycles. The average molecular weight is 309 g/mol. The molecule has 1 aromatic heterocycles. The largest absolute Gasteiger partial charge is 0.444 e. The Labute approximate surface area is 136 Å². The van der Waals surface area contributed by atoms with Gasteiger partial charge in [-0.3, -0.25) is 0 Å². The van der Waals surface area contributed by atoms with Crippen LogP contribution in [0.5, 0.6) is 0 Å². The van der Waals surface area contributed by atoms with Crippen LogP contribution in [0.3, 0.4) is 0 Å². The summed E-state index contributed by atoms with van der Waals surface area (Å²) < 4.78 is 1.55. The van der Waals surface area contributed by atoms with E-state index in [1.165, 1.54) is 4.57 Å². The second kappa shape index (κ2) is 6.30. The summed E-state index contributed by atoms with van der Waals surface area (Å²) in [6, 6.07) is 9.74. The average Bonchev–Trinajstić information content (AvgIpc) is 3.24. The van der Waals surface area contributed by atoms with Gasteiger partial charge in [-0.1, -0.05) is 38.5 Å². The van der Waals surface area contributed by atoms with Gasteiger partial charge in [-0.2, -0.15) is 0 Å². The third kappa shape index (κ3) is 2.43. The van der Waals surface area contributed by atoms with Gasteiger partial charge in [-0.25, -0.2) is 19.3 Å². The molecule has 5 heteroatoms.